The van der Waals surface area contributed by atoms with Crippen molar-refractivity contribution in [3.05, 3.63) is 106 Å². The topological polar surface area (TPSA) is 79.3 Å². The highest BCUT2D eigenvalue weighted by atomic mass is 35.5. The smallest absolute Gasteiger partial charge is 0.315 e. The quantitative estimate of drug-likeness (QED) is 0.238. The standard InChI is InChI=1S/C30H31Cl2N5O2/c1-30(2,3)26-19-27(37(35-26)25-15-8-7-14-24(25)32)34-28(38)20-36(17-16-21-10-5-4-6-11-21)29(39)33-23-13-9-12-22(31)18-23/h4-15,18-19H,16-17,20H2,1-3H3,(H,33,39)(H,34,38). The summed E-state index contributed by atoms with van der Waals surface area (Å²) >= 11 is 12.5. The van der Waals surface area contributed by atoms with Gasteiger partial charge in [-0.1, -0.05) is 92.5 Å². The van der Waals surface area contributed by atoms with Crippen LogP contribution in [0.4, 0.5) is 16.3 Å². The van der Waals surface area contributed by atoms with E-state index < -0.39 is 6.03 Å². The average molecular weight is 565 g/mol. The van der Waals surface area contributed by atoms with Gasteiger partial charge in [0, 0.05) is 28.7 Å². The van der Waals surface area contributed by atoms with Crippen molar-refractivity contribution in [3.8, 4) is 5.69 Å². The molecule has 7 nitrogen and oxygen atoms in total. The largest absolute Gasteiger partial charge is 0.322 e. The number of aromatic nitrogens is 2. The summed E-state index contributed by atoms with van der Waals surface area (Å²) in [6, 6.07) is 25.4. The summed E-state index contributed by atoms with van der Waals surface area (Å²) in [7, 11) is 0. The number of hydrogen-bond donors (Lipinski definition) is 2. The molecular formula is C30H31Cl2N5O2. The molecule has 3 aromatic carbocycles. The molecule has 0 spiro atoms. The molecule has 0 fully saturated rings. The van der Waals surface area contributed by atoms with Gasteiger partial charge in [-0.2, -0.15) is 5.10 Å². The van der Waals surface area contributed by atoms with E-state index in [-0.39, 0.29) is 17.9 Å². The Balaban J connectivity index is 1.56. The van der Waals surface area contributed by atoms with Crippen molar-refractivity contribution in [1.29, 1.82) is 0 Å². The van der Waals surface area contributed by atoms with Gasteiger partial charge in [-0.05, 0) is 42.3 Å². The van der Waals surface area contributed by atoms with Gasteiger partial charge in [-0.3, -0.25) is 4.79 Å². The number of benzene rings is 3. The summed E-state index contributed by atoms with van der Waals surface area (Å²) in [5.41, 5.74) is 2.78. The molecule has 3 amide bonds. The molecule has 0 aliphatic heterocycles. The van der Waals surface area contributed by atoms with E-state index in [2.05, 4.69) is 10.6 Å². The van der Waals surface area contributed by atoms with E-state index in [1.165, 1.54) is 4.90 Å². The number of urea groups is 1. The SMILES string of the molecule is CC(C)(C)c1cc(NC(=O)CN(CCc2ccccc2)C(=O)Nc2cccc(Cl)c2)n(-c2ccccc2Cl)n1. The minimum absolute atomic E-state index is 0.169. The molecule has 39 heavy (non-hydrogen) atoms. The van der Waals surface area contributed by atoms with Crippen molar-refractivity contribution >= 4 is 46.6 Å². The number of anilines is 2. The first-order chi connectivity index (χ1) is 18.6. The minimum atomic E-state index is -0.404. The number of rotatable bonds is 8. The summed E-state index contributed by atoms with van der Waals surface area (Å²) in [5, 5.41) is 11.5. The van der Waals surface area contributed by atoms with E-state index in [0.29, 0.717) is 40.2 Å². The third kappa shape index (κ3) is 7.62. The predicted molar refractivity (Wildman–Crippen MR) is 158 cm³/mol. The van der Waals surface area contributed by atoms with Gasteiger partial charge in [-0.15, -0.1) is 0 Å². The Morgan fingerprint density at radius 3 is 2.31 bits per heavy atom. The van der Waals surface area contributed by atoms with Crippen molar-refractivity contribution in [1.82, 2.24) is 14.7 Å². The van der Waals surface area contributed by atoms with Gasteiger partial charge < -0.3 is 15.5 Å². The predicted octanol–water partition coefficient (Wildman–Crippen LogP) is 7.19. The molecule has 0 atom stereocenters. The molecule has 0 saturated heterocycles. The first-order valence-corrected chi connectivity index (χ1v) is 13.4. The number of amides is 3. The number of hydrogen-bond acceptors (Lipinski definition) is 3. The molecule has 0 radical (unpaired) electrons. The lowest BCUT2D eigenvalue weighted by Crippen LogP contribution is -2.42. The van der Waals surface area contributed by atoms with Crippen molar-refractivity contribution < 1.29 is 9.59 Å². The Bertz CT molecular complexity index is 1450. The Morgan fingerprint density at radius 2 is 1.62 bits per heavy atom. The molecule has 1 aromatic heterocycles. The van der Waals surface area contributed by atoms with Crippen LogP contribution in [0.1, 0.15) is 32.0 Å². The van der Waals surface area contributed by atoms with Crippen molar-refractivity contribution in [2.45, 2.75) is 32.6 Å². The number of nitrogens with zero attached hydrogens (tertiary/aromatic N) is 3. The van der Waals surface area contributed by atoms with Crippen molar-refractivity contribution in [2.75, 3.05) is 23.7 Å². The summed E-state index contributed by atoms with van der Waals surface area (Å²) in [6.45, 7) is 6.30. The monoisotopic (exact) mass is 563 g/mol. The van der Waals surface area contributed by atoms with Gasteiger partial charge in [-0.25, -0.2) is 9.48 Å². The molecule has 0 unspecified atom stereocenters. The molecule has 202 valence electrons. The molecule has 0 aliphatic carbocycles. The zero-order valence-corrected chi connectivity index (χ0v) is 23.6. The van der Waals surface area contributed by atoms with Crippen molar-refractivity contribution in [2.24, 2.45) is 0 Å². The van der Waals surface area contributed by atoms with Crippen LogP contribution < -0.4 is 10.6 Å². The van der Waals surface area contributed by atoms with Gasteiger partial charge in [0.25, 0.3) is 0 Å². The molecule has 0 bridgehead atoms. The Kier molecular flexibility index (Phi) is 8.94. The lowest BCUT2D eigenvalue weighted by Gasteiger charge is -2.23. The van der Waals surface area contributed by atoms with Crippen LogP contribution in [0.5, 0.6) is 0 Å². The van der Waals surface area contributed by atoms with Crippen LogP contribution in [-0.4, -0.2) is 39.7 Å². The normalized spacial score (nSPS) is 11.2. The second-order valence-electron chi connectivity index (χ2n) is 10.2. The second kappa shape index (κ2) is 12.4. The lowest BCUT2D eigenvalue weighted by molar-refractivity contribution is -0.116. The first kappa shape index (κ1) is 28.2. The van der Waals surface area contributed by atoms with Crippen LogP contribution in [0.3, 0.4) is 0 Å². The van der Waals surface area contributed by atoms with E-state index in [4.69, 9.17) is 28.3 Å². The average Bonchev–Trinajstić information content (AvgIpc) is 3.31. The molecule has 4 aromatic rings. The molecule has 1 heterocycles. The maximum atomic E-state index is 13.3. The van der Waals surface area contributed by atoms with Crippen LogP contribution >= 0.6 is 23.2 Å². The van der Waals surface area contributed by atoms with Crippen LogP contribution in [0.15, 0.2) is 84.9 Å². The van der Waals surface area contributed by atoms with Crippen LogP contribution in [0.2, 0.25) is 10.0 Å². The molecule has 4 rings (SSSR count). The van der Waals surface area contributed by atoms with Gasteiger partial charge in [0.1, 0.15) is 12.4 Å². The highest BCUT2D eigenvalue weighted by molar-refractivity contribution is 6.32. The van der Waals surface area contributed by atoms with E-state index in [1.807, 2.05) is 75.4 Å². The summed E-state index contributed by atoms with van der Waals surface area (Å²) in [5.74, 6) is 0.106. The van der Waals surface area contributed by atoms with Gasteiger partial charge >= 0.3 is 6.03 Å². The second-order valence-corrected chi connectivity index (χ2v) is 11.0. The van der Waals surface area contributed by atoms with Crippen LogP contribution in [0.25, 0.3) is 5.69 Å². The lowest BCUT2D eigenvalue weighted by atomic mass is 9.92. The first-order valence-electron chi connectivity index (χ1n) is 12.6. The maximum absolute atomic E-state index is 13.3. The molecule has 0 aliphatic rings. The van der Waals surface area contributed by atoms with Crippen molar-refractivity contribution in [3.63, 3.8) is 0 Å². The highest BCUT2D eigenvalue weighted by Crippen LogP contribution is 2.29. The van der Waals surface area contributed by atoms with Crippen LogP contribution in [-0.2, 0) is 16.6 Å². The summed E-state index contributed by atoms with van der Waals surface area (Å²) in [4.78, 5) is 28.1. The van der Waals surface area contributed by atoms with E-state index >= 15 is 0 Å². The molecule has 9 heteroatoms. The maximum Gasteiger partial charge on any atom is 0.322 e. The van der Waals surface area contributed by atoms with E-state index in [1.54, 1.807) is 35.0 Å². The van der Waals surface area contributed by atoms with Gasteiger partial charge in [0.15, 0.2) is 0 Å². The number of halogens is 2. The molecule has 2 N–H and O–H groups in total. The number of nitrogens with one attached hydrogen (secondary N) is 2. The zero-order valence-electron chi connectivity index (χ0n) is 22.1. The fourth-order valence-corrected chi connectivity index (χ4v) is 4.34. The fraction of sp³-hybridized carbons (Fsp3) is 0.233. The summed E-state index contributed by atoms with van der Waals surface area (Å²) in [6.07, 6.45) is 0.586. The van der Waals surface area contributed by atoms with E-state index in [0.717, 1.165) is 11.3 Å². The van der Waals surface area contributed by atoms with Crippen LogP contribution in [0, 0.1) is 0 Å². The Hall–Kier alpha value is -3.81. The van der Waals surface area contributed by atoms with E-state index in [9.17, 15) is 9.59 Å². The zero-order chi connectivity index (χ0) is 28.0. The Morgan fingerprint density at radius 1 is 0.897 bits per heavy atom. The third-order valence-corrected chi connectivity index (χ3v) is 6.59. The number of para-hydroxylation sites is 1. The highest BCUT2D eigenvalue weighted by Gasteiger charge is 2.24. The Labute approximate surface area is 238 Å². The fourth-order valence-electron chi connectivity index (χ4n) is 3.93. The number of carbonyl (C=O) groups is 2. The minimum Gasteiger partial charge on any atom is -0.315 e. The van der Waals surface area contributed by atoms with Gasteiger partial charge in [0.05, 0.1) is 16.4 Å². The summed E-state index contributed by atoms with van der Waals surface area (Å²) < 4.78 is 1.63. The van der Waals surface area contributed by atoms with Gasteiger partial charge in [0.2, 0.25) is 5.91 Å². The molecule has 0 saturated carbocycles. The number of carbonyl (C=O) groups excluding carboxylic acids is 2. The molecular weight excluding hydrogens is 533 g/mol. The third-order valence-electron chi connectivity index (χ3n) is 6.04.